The number of hydrogen-bond acceptors (Lipinski definition) is 6. The quantitative estimate of drug-likeness (QED) is 0.594. The molecule has 0 aliphatic rings. The van der Waals surface area contributed by atoms with Crippen LogP contribution in [0.25, 0.3) is 0 Å². The van der Waals surface area contributed by atoms with Gasteiger partial charge in [-0.05, 0) is 62.1 Å². The predicted molar refractivity (Wildman–Crippen MR) is 112 cm³/mol. The van der Waals surface area contributed by atoms with E-state index in [1.54, 1.807) is 36.4 Å². The monoisotopic (exact) mass is 432 g/mol. The summed E-state index contributed by atoms with van der Waals surface area (Å²) >= 11 is 7.22. The molecule has 0 bridgehead atoms. The number of anilines is 1. The Kier molecular flexibility index (Phi) is 6.34. The first-order valence-corrected chi connectivity index (χ1v) is 10.3. The molecule has 3 aromatic rings. The first-order chi connectivity index (χ1) is 13.8. The van der Waals surface area contributed by atoms with Crippen LogP contribution in [0.1, 0.15) is 49.5 Å². The van der Waals surface area contributed by atoms with E-state index in [2.05, 4.69) is 14.9 Å². The lowest BCUT2D eigenvalue weighted by atomic mass is 10.0. The van der Waals surface area contributed by atoms with Gasteiger partial charge in [0.15, 0.2) is 11.7 Å². The molecule has 0 saturated carbocycles. The van der Waals surface area contributed by atoms with E-state index in [1.165, 1.54) is 16.5 Å². The molecule has 3 rings (SSSR count). The van der Waals surface area contributed by atoms with Crippen molar-refractivity contribution < 1.29 is 14.0 Å². The fourth-order valence-corrected chi connectivity index (χ4v) is 3.32. The van der Waals surface area contributed by atoms with E-state index < -0.39 is 17.5 Å². The molecule has 2 amide bonds. The second-order valence-electron chi connectivity index (χ2n) is 7.09. The van der Waals surface area contributed by atoms with Crippen LogP contribution in [0.15, 0.2) is 52.5 Å². The van der Waals surface area contributed by atoms with Crippen molar-refractivity contribution in [3.63, 3.8) is 0 Å². The van der Waals surface area contributed by atoms with Crippen molar-refractivity contribution in [2.45, 2.75) is 38.8 Å². The van der Waals surface area contributed by atoms with Gasteiger partial charge in [0.2, 0.25) is 0 Å². The second-order valence-corrected chi connectivity index (χ2v) is 8.14. The molecule has 2 aromatic heterocycles. The molecule has 0 aliphatic heterocycles. The Morgan fingerprint density at radius 2 is 2.10 bits per heavy atom. The summed E-state index contributed by atoms with van der Waals surface area (Å²) in [6.07, 6.45) is 2.18. The number of benzene rings is 1. The lowest BCUT2D eigenvalue weighted by molar-refractivity contribution is -0.124. The van der Waals surface area contributed by atoms with Crippen LogP contribution in [0.4, 0.5) is 5.69 Å². The average Bonchev–Trinajstić information content (AvgIpc) is 3.39. The molecular weight excluding hydrogens is 412 g/mol. The Hall–Kier alpha value is -2.71. The molecule has 1 aromatic carbocycles. The molecule has 1 N–H and O–H groups in total. The van der Waals surface area contributed by atoms with Gasteiger partial charge in [0.1, 0.15) is 5.76 Å². The minimum atomic E-state index is -1.05. The molecule has 1 atom stereocenters. The number of furan rings is 1. The van der Waals surface area contributed by atoms with Crippen LogP contribution in [0, 0.1) is 0 Å². The summed E-state index contributed by atoms with van der Waals surface area (Å²) in [6, 6.07) is 9.01. The van der Waals surface area contributed by atoms with Gasteiger partial charge < -0.3 is 9.73 Å². The van der Waals surface area contributed by atoms with Crippen molar-refractivity contribution in [3.8, 4) is 0 Å². The number of halogens is 1. The first kappa shape index (κ1) is 21.0. The lowest BCUT2D eigenvalue weighted by Crippen LogP contribution is -2.50. The first-order valence-electron chi connectivity index (χ1n) is 9.04. The number of nitrogens with one attached hydrogen (secondary N) is 1. The number of nitrogens with zero attached hydrogens (tertiary/aromatic N) is 3. The van der Waals surface area contributed by atoms with Crippen LogP contribution in [0.5, 0.6) is 0 Å². The topological polar surface area (TPSA) is 88.3 Å². The average molecular weight is 433 g/mol. The number of carbonyl (C=O) groups excluding carboxylic acids is 2. The highest BCUT2D eigenvalue weighted by atomic mass is 35.5. The summed E-state index contributed by atoms with van der Waals surface area (Å²) in [5, 5.41) is 8.85. The standard InChI is InChI=1S/C20H21ClN4O3S/c1-4-20(2,3)22-18(26)17(16-9-6-10-28-16)25(14-8-5-7-13(21)11-14)19(27)15-12-29-24-23-15/h5-12,17H,4H2,1-3H3,(H,22,26)/t17-/m0/s1. The summed E-state index contributed by atoms with van der Waals surface area (Å²) in [4.78, 5) is 28.1. The molecule has 0 aliphatic carbocycles. The van der Waals surface area contributed by atoms with Crippen molar-refractivity contribution >= 4 is 40.6 Å². The molecular formula is C20H21ClN4O3S. The minimum absolute atomic E-state index is 0.133. The normalized spacial score (nSPS) is 12.4. The molecule has 2 heterocycles. The summed E-state index contributed by atoms with van der Waals surface area (Å²) in [7, 11) is 0. The molecule has 0 saturated heterocycles. The van der Waals surface area contributed by atoms with Crippen LogP contribution in [-0.2, 0) is 4.79 Å². The van der Waals surface area contributed by atoms with Gasteiger partial charge >= 0.3 is 0 Å². The highest BCUT2D eigenvalue weighted by molar-refractivity contribution is 7.03. The van der Waals surface area contributed by atoms with Gasteiger partial charge in [-0.2, -0.15) is 0 Å². The van der Waals surface area contributed by atoms with E-state index in [9.17, 15) is 9.59 Å². The van der Waals surface area contributed by atoms with Gasteiger partial charge in [0, 0.05) is 21.6 Å². The fraction of sp³-hybridized carbons (Fsp3) is 0.300. The smallest absolute Gasteiger partial charge is 0.280 e. The summed E-state index contributed by atoms with van der Waals surface area (Å²) < 4.78 is 9.31. The van der Waals surface area contributed by atoms with Crippen LogP contribution >= 0.6 is 23.1 Å². The van der Waals surface area contributed by atoms with Gasteiger partial charge in [0.05, 0.1) is 6.26 Å². The Balaban J connectivity index is 2.12. The SMILES string of the molecule is CCC(C)(C)NC(=O)[C@H](c1ccco1)N(C(=O)c1csnn1)c1cccc(Cl)c1. The summed E-state index contributed by atoms with van der Waals surface area (Å²) in [6.45, 7) is 5.81. The highest BCUT2D eigenvalue weighted by Gasteiger charge is 2.38. The fourth-order valence-electron chi connectivity index (χ4n) is 2.70. The maximum atomic E-state index is 13.4. The van der Waals surface area contributed by atoms with Crippen LogP contribution in [-0.4, -0.2) is 26.9 Å². The minimum Gasteiger partial charge on any atom is -0.467 e. The number of rotatable bonds is 7. The van der Waals surface area contributed by atoms with E-state index in [1.807, 2.05) is 20.8 Å². The van der Waals surface area contributed by atoms with Gasteiger partial charge in [-0.1, -0.05) is 29.1 Å². The van der Waals surface area contributed by atoms with E-state index in [-0.39, 0.29) is 11.6 Å². The second kappa shape index (κ2) is 8.75. The van der Waals surface area contributed by atoms with Crippen LogP contribution in [0.2, 0.25) is 5.02 Å². The predicted octanol–water partition coefficient (Wildman–Crippen LogP) is 4.48. The van der Waals surface area contributed by atoms with Gasteiger partial charge in [-0.25, -0.2) is 0 Å². The largest absolute Gasteiger partial charge is 0.467 e. The Morgan fingerprint density at radius 1 is 1.31 bits per heavy atom. The molecule has 0 fully saturated rings. The lowest BCUT2D eigenvalue weighted by Gasteiger charge is -2.33. The molecule has 152 valence electrons. The van der Waals surface area contributed by atoms with Crippen molar-refractivity contribution in [2.24, 2.45) is 0 Å². The highest BCUT2D eigenvalue weighted by Crippen LogP contribution is 2.32. The van der Waals surface area contributed by atoms with Gasteiger partial charge in [-0.3, -0.25) is 14.5 Å². The van der Waals surface area contributed by atoms with E-state index in [0.717, 1.165) is 11.5 Å². The maximum absolute atomic E-state index is 13.4. The molecule has 9 heteroatoms. The molecule has 7 nitrogen and oxygen atoms in total. The zero-order valence-corrected chi connectivity index (χ0v) is 17.8. The summed E-state index contributed by atoms with van der Waals surface area (Å²) in [5.41, 5.74) is 0.114. The third-order valence-electron chi connectivity index (χ3n) is 4.55. The van der Waals surface area contributed by atoms with E-state index in [0.29, 0.717) is 22.9 Å². The Bertz CT molecular complexity index is 974. The molecule has 29 heavy (non-hydrogen) atoms. The van der Waals surface area contributed by atoms with Crippen molar-refractivity contribution in [3.05, 3.63) is 64.5 Å². The Morgan fingerprint density at radius 3 is 2.69 bits per heavy atom. The molecule has 0 spiro atoms. The zero-order valence-electron chi connectivity index (χ0n) is 16.3. The van der Waals surface area contributed by atoms with Gasteiger partial charge in [0.25, 0.3) is 11.8 Å². The van der Waals surface area contributed by atoms with Crippen molar-refractivity contribution in [1.82, 2.24) is 14.9 Å². The number of aromatic nitrogens is 2. The van der Waals surface area contributed by atoms with E-state index >= 15 is 0 Å². The summed E-state index contributed by atoms with van der Waals surface area (Å²) in [5.74, 6) is -0.527. The van der Waals surface area contributed by atoms with Crippen molar-refractivity contribution in [1.29, 1.82) is 0 Å². The van der Waals surface area contributed by atoms with Crippen LogP contribution < -0.4 is 10.2 Å². The molecule has 0 unspecified atom stereocenters. The number of amides is 2. The van der Waals surface area contributed by atoms with Crippen molar-refractivity contribution in [2.75, 3.05) is 4.90 Å². The van der Waals surface area contributed by atoms with Crippen LogP contribution in [0.3, 0.4) is 0 Å². The zero-order chi connectivity index (χ0) is 21.0. The molecule has 0 radical (unpaired) electrons. The number of carbonyl (C=O) groups is 2. The van der Waals surface area contributed by atoms with Gasteiger partial charge in [-0.15, -0.1) is 5.10 Å². The third-order valence-corrected chi connectivity index (χ3v) is 5.29. The maximum Gasteiger partial charge on any atom is 0.280 e. The van der Waals surface area contributed by atoms with E-state index in [4.69, 9.17) is 16.0 Å². The Labute approximate surface area is 177 Å². The third kappa shape index (κ3) is 4.83. The number of hydrogen-bond donors (Lipinski definition) is 1.